The Kier molecular flexibility index (Phi) is 7.00. The van der Waals surface area contributed by atoms with Crippen LogP contribution in [0.2, 0.25) is 10.0 Å². The lowest BCUT2D eigenvalue weighted by Gasteiger charge is -2.34. The van der Waals surface area contributed by atoms with Crippen molar-refractivity contribution in [2.45, 2.75) is 12.7 Å². The lowest BCUT2D eigenvalue weighted by molar-refractivity contribution is -0.141. The molecule has 1 aliphatic rings. The van der Waals surface area contributed by atoms with Gasteiger partial charge in [0.05, 0.1) is 17.3 Å². The minimum absolute atomic E-state index is 0.199. The molecule has 2 heterocycles. The molecule has 0 aliphatic carbocycles. The van der Waals surface area contributed by atoms with Crippen LogP contribution in [0.5, 0.6) is 0 Å². The normalized spacial score (nSPS) is 16.0. The number of halogens is 5. The van der Waals surface area contributed by atoms with Crippen molar-refractivity contribution < 1.29 is 18.0 Å². The number of carbonyl (C=O) groups excluding carboxylic acids is 1. The third-order valence-electron chi connectivity index (χ3n) is 4.56. The fourth-order valence-corrected chi connectivity index (χ4v) is 3.41. The molecule has 1 N–H and O–H groups in total. The summed E-state index contributed by atoms with van der Waals surface area (Å²) >= 11 is 12.0. The maximum absolute atomic E-state index is 12.8. The number of piperazine rings is 1. The molecule has 0 spiro atoms. The van der Waals surface area contributed by atoms with Gasteiger partial charge < -0.3 is 5.32 Å². The predicted molar refractivity (Wildman–Crippen MR) is 106 cm³/mol. The lowest BCUT2D eigenvalue weighted by atomic mass is 10.2. The molecule has 0 saturated carbocycles. The molecule has 1 fully saturated rings. The van der Waals surface area contributed by atoms with Crippen LogP contribution in [0.4, 0.5) is 18.9 Å². The van der Waals surface area contributed by atoms with Gasteiger partial charge in [0.15, 0.2) is 0 Å². The number of nitrogens with one attached hydrogen (secondary N) is 1. The Morgan fingerprint density at radius 1 is 1.07 bits per heavy atom. The van der Waals surface area contributed by atoms with E-state index in [-0.39, 0.29) is 12.5 Å². The van der Waals surface area contributed by atoms with E-state index in [1.165, 1.54) is 6.20 Å². The standard InChI is InChI=1S/C19H19Cl2F3N4O/c20-14-1-2-15(21)16(10-14)26-18(29)12-28-7-5-27(6-8-28)11-13-3-4-25-17(9-13)19(22,23)24/h1-4,9-10H,5-8,11-12H2,(H,26,29). The van der Waals surface area contributed by atoms with Gasteiger partial charge in [-0.25, -0.2) is 0 Å². The number of rotatable bonds is 5. The molecular formula is C19H19Cl2F3N4O. The smallest absolute Gasteiger partial charge is 0.324 e. The molecule has 0 atom stereocenters. The molecule has 1 saturated heterocycles. The summed E-state index contributed by atoms with van der Waals surface area (Å²) in [4.78, 5) is 19.7. The second kappa shape index (κ2) is 9.30. The van der Waals surface area contributed by atoms with Crippen LogP contribution in [0.15, 0.2) is 36.5 Å². The highest BCUT2D eigenvalue weighted by Crippen LogP contribution is 2.28. The maximum atomic E-state index is 12.8. The van der Waals surface area contributed by atoms with Gasteiger partial charge in [-0.1, -0.05) is 23.2 Å². The first-order chi connectivity index (χ1) is 13.7. The topological polar surface area (TPSA) is 48.5 Å². The average Bonchev–Trinajstić information content (AvgIpc) is 2.66. The largest absolute Gasteiger partial charge is 0.433 e. The van der Waals surface area contributed by atoms with Crippen molar-refractivity contribution in [1.82, 2.24) is 14.8 Å². The highest BCUT2D eigenvalue weighted by Gasteiger charge is 2.32. The monoisotopic (exact) mass is 446 g/mol. The van der Waals surface area contributed by atoms with Crippen LogP contribution in [-0.4, -0.2) is 53.4 Å². The van der Waals surface area contributed by atoms with Gasteiger partial charge in [-0.05, 0) is 35.9 Å². The number of pyridine rings is 1. The van der Waals surface area contributed by atoms with Gasteiger partial charge in [-0.3, -0.25) is 19.6 Å². The van der Waals surface area contributed by atoms with Crippen LogP contribution in [0.3, 0.4) is 0 Å². The van der Waals surface area contributed by atoms with Gasteiger partial charge in [0, 0.05) is 43.9 Å². The van der Waals surface area contributed by atoms with Crippen molar-refractivity contribution in [2.24, 2.45) is 0 Å². The van der Waals surface area contributed by atoms with Crippen LogP contribution in [0.1, 0.15) is 11.3 Å². The average molecular weight is 447 g/mol. The van der Waals surface area contributed by atoms with E-state index in [1.54, 1.807) is 24.3 Å². The minimum atomic E-state index is -4.45. The number of benzene rings is 1. The molecule has 5 nitrogen and oxygen atoms in total. The Balaban J connectivity index is 1.48. The SMILES string of the molecule is O=C(CN1CCN(Cc2ccnc(C(F)(F)F)c2)CC1)Nc1cc(Cl)ccc1Cl. The predicted octanol–water partition coefficient (Wildman–Crippen LogP) is 4.16. The first-order valence-electron chi connectivity index (χ1n) is 8.92. The number of aromatic nitrogens is 1. The molecule has 0 radical (unpaired) electrons. The second-order valence-electron chi connectivity index (χ2n) is 6.77. The molecule has 3 rings (SSSR count). The maximum Gasteiger partial charge on any atom is 0.433 e. The van der Waals surface area contributed by atoms with E-state index in [2.05, 4.69) is 15.2 Å². The number of anilines is 1. The minimum Gasteiger partial charge on any atom is -0.324 e. The molecule has 0 unspecified atom stereocenters. The first-order valence-corrected chi connectivity index (χ1v) is 9.68. The number of amides is 1. The molecule has 1 aromatic heterocycles. The quantitative estimate of drug-likeness (QED) is 0.748. The van der Waals surface area contributed by atoms with Gasteiger partial charge in [0.1, 0.15) is 5.69 Å². The van der Waals surface area contributed by atoms with Crippen molar-refractivity contribution in [2.75, 3.05) is 38.0 Å². The molecule has 1 aliphatic heterocycles. The van der Waals surface area contributed by atoms with Crippen LogP contribution in [-0.2, 0) is 17.5 Å². The number of carbonyl (C=O) groups is 1. The highest BCUT2D eigenvalue weighted by atomic mass is 35.5. The summed E-state index contributed by atoms with van der Waals surface area (Å²) in [5, 5.41) is 3.63. The highest BCUT2D eigenvalue weighted by molar-refractivity contribution is 6.35. The van der Waals surface area contributed by atoms with Crippen LogP contribution < -0.4 is 5.32 Å². The summed E-state index contributed by atoms with van der Waals surface area (Å²) in [6.45, 7) is 3.17. The Morgan fingerprint density at radius 2 is 1.76 bits per heavy atom. The van der Waals surface area contributed by atoms with E-state index in [4.69, 9.17) is 23.2 Å². The Morgan fingerprint density at radius 3 is 2.45 bits per heavy atom. The molecule has 0 bridgehead atoms. The fourth-order valence-electron chi connectivity index (χ4n) is 3.08. The second-order valence-corrected chi connectivity index (χ2v) is 7.62. The van der Waals surface area contributed by atoms with Gasteiger partial charge in [-0.15, -0.1) is 0 Å². The first kappa shape index (κ1) is 21.8. The third-order valence-corrected chi connectivity index (χ3v) is 5.12. The summed E-state index contributed by atoms with van der Waals surface area (Å²) in [5.41, 5.74) is 0.139. The Hall–Kier alpha value is -1.87. The van der Waals surface area contributed by atoms with Gasteiger partial charge >= 0.3 is 6.18 Å². The number of nitrogens with zero attached hydrogens (tertiary/aromatic N) is 3. The van der Waals surface area contributed by atoms with Gasteiger partial charge in [0.25, 0.3) is 0 Å². The Labute approximate surface area is 176 Å². The van der Waals surface area contributed by atoms with E-state index < -0.39 is 11.9 Å². The molecule has 1 amide bonds. The lowest BCUT2D eigenvalue weighted by Crippen LogP contribution is -2.48. The number of alkyl halides is 3. The van der Waals surface area contributed by atoms with E-state index >= 15 is 0 Å². The van der Waals surface area contributed by atoms with E-state index in [0.29, 0.717) is 54.0 Å². The summed E-state index contributed by atoms with van der Waals surface area (Å²) in [5.74, 6) is -0.202. The van der Waals surface area contributed by atoms with E-state index in [1.807, 2.05) is 4.90 Å². The van der Waals surface area contributed by atoms with Crippen molar-refractivity contribution in [3.05, 3.63) is 57.8 Å². The summed E-state index contributed by atoms with van der Waals surface area (Å²) < 4.78 is 38.4. The molecule has 1 aromatic carbocycles. The molecule has 10 heteroatoms. The molecular weight excluding hydrogens is 428 g/mol. The number of hydrogen-bond acceptors (Lipinski definition) is 4. The van der Waals surface area contributed by atoms with Crippen molar-refractivity contribution in [1.29, 1.82) is 0 Å². The zero-order valence-electron chi connectivity index (χ0n) is 15.3. The molecule has 29 heavy (non-hydrogen) atoms. The van der Waals surface area contributed by atoms with Crippen molar-refractivity contribution >= 4 is 34.8 Å². The van der Waals surface area contributed by atoms with Crippen molar-refractivity contribution in [3.8, 4) is 0 Å². The Bertz CT molecular complexity index is 871. The van der Waals surface area contributed by atoms with Crippen LogP contribution in [0, 0.1) is 0 Å². The van der Waals surface area contributed by atoms with E-state index in [0.717, 1.165) is 6.07 Å². The van der Waals surface area contributed by atoms with Crippen LogP contribution in [0.25, 0.3) is 0 Å². The third kappa shape index (κ3) is 6.30. The molecule has 156 valence electrons. The van der Waals surface area contributed by atoms with Gasteiger partial charge in [0.2, 0.25) is 5.91 Å². The number of hydrogen-bond donors (Lipinski definition) is 1. The van der Waals surface area contributed by atoms with E-state index in [9.17, 15) is 18.0 Å². The summed E-state index contributed by atoms with van der Waals surface area (Å²) in [7, 11) is 0. The zero-order valence-corrected chi connectivity index (χ0v) is 16.9. The molecule has 2 aromatic rings. The van der Waals surface area contributed by atoms with Crippen LogP contribution >= 0.6 is 23.2 Å². The summed E-state index contributed by atoms with van der Waals surface area (Å²) in [6, 6.07) is 7.50. The van der Waals surface area contributed by atoms with Crippen molar-refractivity contribution in [3.63, 3.8) is 0 Å². The summed E-state index contributed by atoms with van der Waals surface area (Å²) in [6.07, 6.45) is -3.27. The van der Waals surface area contributed by atoms with Gasteiger partial charge in [-0.2, -0.15) is 13.2 Å². The fraction of sp³-hybridized carbons (Fsp3) is 0.368. The zero-order chi connectivity index (χ0) is 21.0.